The van der Waals surface area contributed by atoms with Crippen molar-refractivity contribution in [1.29, 1.82) is 0 Å². The maximum absolute atomic E-state index is 12.0. The summed E-state index contributed by atoms with van der Waals surface area (Å²) in [5, 5.41) is 1.64. The first kappa shape index (κ1) is 17.7. The van der Waals surface area contributed by atoms with E-state index in [1.54, 1.807) is 11.4 Å². The van der Waals surface area contributed by atoms with E-state index < -0.39 is 17.4 Å². The average Bonchev–Trinajstić information content (AvgIpc) is 2.76. The third-order valence-electron chi connectivity index (χ3n) is 2.19. The zero-order valence-electron chi connectivity index (χ0n) is 11.2. The van der Waals surface area contributed by atoms with Crippen molar-refractivity contribution in [2.75, 3.05) is 0 Å². The Morgan fingerprint density at radius 1 is 1.20 bits per heavy atom. The predicted molar refractivity (Wildman–Crippen MR) is 66.6 cm³/mol. The van der Waals surface area contributed by atoms with Crippen LogP contribution in [0.1, 0.15) is 1.43 Å². The van der Waals surface area contributed by atoms with E-state index in [-0.39, 0.29) is 40.9 Å². The molecule has 3 nitrogen and oxygen atoms in total. The summed E-state index contributed by atoms with van der Waals surface area (Å²) < 4.78 is 60.1. The number of halogens is 3. The third-order valence-corrected chi connectivity index (χ3v) is 4.15. The molecular formula is C11H8F3NaO3S2. The van der Waals surface area contributed by atoms with Gasteiger partial charge in [0.15, 0.2) is 11.1 Å². The molecule has 0 fully saturated rings. The van der Waals surface area contributed by atoms with Crippen LogP contribution >= 0.6 is 11.3 Å². The first-order valence-electron chi connectivity index (χ1n) is 4.91. The first-order chi connectivity index (χ1) is 8.87. The van der Waals surface area contributed by atoms with Crippen molar-refractivity contribution in [3.8, 4) is 16.9 Å². The summed E-state index contributed by atoms with van der Waals surface area (Å²) in [5.74, 6) is -0.335. The third kappa shape index (κ3) is 4.57. The van der Waals surface area contributed by atoms with E-state index in [1.807, 2.05) is 0 Å². The van der Waals surface area contributed by atoms with E-state index in [4.69, 9.17) is 4.55 Å². The van der Waals surface area contributed by atoms with E-state index in [9.17, 15) is 17.4 Å². The fourth-order valence-electron chi connectivity index (χ4n) is 1.48. The second kappa shape index (κ2) is 7.06. The molecule has 1 N–H and O–H groups in total. The summed E-state index contributed by atoms with van der Waals surface area (Å²) >= 11 is -1.02. The molecule has 0 aliphatic rings. The first-order valence-corrected chi connectivity index (χ1v) is 6.90. The zero-order chi connectivity index (χ0) is 14.0. The molecular weight excluding hydrogens is 324 g/mol. The molecule has 0 aliphatic heterocycles. The number of thiophene rings is 1. The van der Waals surface area contributed by atoms with Crippen LogP contribution in [0.2, 0.25) is 0 Å². The van der Waals surface area contributed by atoms with Gasteiger partial charge >= 0.3 is 35.9 Å². The maximum Gasteiger partial charge on any atom is 1.00 e. The Balaban J connectivity index is 0.00000200. The molecule has 1 unspecified atom stereocenters. The number of ether oxygens (including phenoxy) is 1. The van der Waals surface area contributed by atoms with E-state index in [1.165, 1.54) is 12.1 Å². The van der Waals surface area contributed by atoms with E-state index in [2.05, 4.69) is 4.74 Å². The molecule has 1 aromatic heterocycles. The minimum Gasteiger partial charge on any atom is -1.00 e. The van der Waals surface area contributed by atoms with Gasteiger partial charge in [-0.25, -0.2) is 4.21 Å². The van der Waals surface area contributed by atoms with Crippen LogP contribution in [0.15, 0.2) is 39.9 Å². The number of hydrogen-bond donors (Lipinski definition) is 1. The van der Waals surface area contributed by atoms with Crippen LogP contribution in [-0.4, -0.2) is 15.1 Å². The molecule has 1 aromatic carbocycles. The summed E-state index contributed by atoms with van der Waals surface area (Å²) in [6.45, 7) is 0. The largest absolute Gasteiger partial charge is 1.00 e. The normalized spacial score (nSPS) is 12.6. The second-order valence-electron chi connectivity index (χ2n) is 3.44. The summed E-state index contributed by atoms with van der Waals surface area (Å²) in [6.07, 6.45) is -4.73. The predicted octanol–water partition coefficient (Wildman–Crippen LogP) is 1.01. The van der Waals surface area contributed by atoms with Gasteiger partial charge in [0.05, 0.1) is 0 Å². The molecule has 0 bridgehead atoms. The summed E-state index contributed by atoms with van der Waals surface area (Å²) in [6, 6.07) is 6.75. The molecule has 0 radical (unpaired) electrons. The fraction of sp³-hybridized carbons (Fsp3) is 0.0909. The molecule has 0 saturated carbocycles. The molecule has 0 saturated heterocycles. The number of alkyl halides is 3. The smallest absolute Gasteiger partial charge is 1.00 e. The Morgan fingerprint density at radius 3 is 2.30 bits per heavy atom. The van der Waals surface area contributed by atoms with Crippen molar-refractivity contribution >= 4 is 22.4 Å². The van der Waals surface area contributed by atoms with Gasteiger partial charge < -0.3 is 10.7 Å². The molecule has 0 aliphatic carbocycles. The van der Waals surface area contributed by atoms with Gasteiger partial charge in [-0.05, 0) is 29.1 Å². The zero-order valence-corrected chi connectivity index (χ0v) is 13.8. The van der Waals surface area contributed by atoms with Crippen molar-refractivity contribution in [1.82, 2.24) is 0 Å². The van der Waals surface area contributed by atoms with Crippen LogP contribution in [-0.2, 0) is 11.1 Å². The number of hydrogen-bond acceptors (Lipinski definition) is 3. The van der Waals surface area contributed by atoms with Crippen molar-refractivity contribution in [3.05, 3.63) is 35.7 Å². The van der Waals surface area contributed by atoms with E-state index >= 15 is 0 Å². The Morgan fingerprint density at radius 2 is 1.80 bits per heavy atom. The fourth-order valence-corrected chi connectivity index (χ4v) is 2.99. The molecule has 2 aromatic rings. The molecule has 0 amide bonds. The maximum atomic E-state index is 12.0. The quantitative estimate of drug-likeness (QED) is 0.674. The van der Waals surface area contributed by atoms with Gasteiger partial charge in [0.25, 0.3) is 0 Å². The molecule has 2 rings (SSSR count). The average molecular weight is 332 g/mol. The Labute approximate surface area is 142 Å². The SMILES string of the molecule is O=S(O)c1sccc1-c1ccc(OC(F)(F)F)cc1.[H-].[Na+]. The number of rotatable bonds is 3. The second-order valence-corrected chi connectivity index (χ2v) is 5.52. The molecule has 0 spiro atoms. The van der Waals surface area contributed by atoms with E-state index in [0.29, 0.717) is 11.1 Å². The van der Waals surface area contributed by atoms with Crippen LogP contribution in [0.25, 0.3) is 11.1 Å². The van der Waals surface area contributed by atoms with Gasteiger partial charge in [-0.15, -0.1) is 24.5 Å². The van der Waals surface area contributed by atoms with Gasteiger partial charge in [0.2, 0.25) is 0 Å². The minimum absolute atomic E-state index is 0. The van der Waals surface area contributed by atoms with Gasteiger partial charge in [0, 0.05) is 5.56 Å². The van der Waals surface area contributed by atoms with Crippen molar-refractivity contribution in [2.45, 2.75) is 10.6 Å². The molecule has 20 heavy (non-hydrogen) atoms. The van der Waals surface area contributed by atoms with Crippen LogP contribution < -0.4 is 34.3 Å². The van der Waals surface area contributed by atoms with Gasteiger partial charge in [-0.3, -0.25) is 0 Å². The Bertz CT molecular complexity index is 602. The van der Waals surface area contributed by atoms with Crippen molar-refractivity contribution < 1.29 is 57.7 Å². The van der Waals surface area contributed by atoms with Crippen LogP contribution in [0, 0.1) is 0 Å². The standard InChI is InChI=1S/C11H7F3O3S2.Na.H/c12-11(13,14)17-8-3-1-7(2-4-8)9-5-6-18-10(9)19(15)16;;/h1-6H,(H,15,16);;/q;+1;-1. The Hall–Kier alpha value is -0.380. The van der Waals surface area contributed by atoms with Gasteiger partial charge in [0.1, 0.15) is 9.96 Å². The molecule has 9 heteroatoms. The monoisotopic (exact) mass is 332 g/mol. The summed E-state index contributed by atoms with van der Waals surface area (Å²) in [4.78, 5) is 0. The van der Waals surface area contributed by atoms with E-state index in [0.717, 1.165) is 23.5 Å². The van der Waals surface area contributed by atoms with Gasteiger partial charge in [-0.1, -0.05) is 12.1 Å². The minimum atomic E-state index is -4.73. The summed E-state index contributed by atoms with van der Waals surface area (Å²) in [5.41, 5.74) is 1.07. The molecule has 1 heterocycles. The topological polar surface area (TPSA) is 46.5 Å². The van der Waals surface area contributed by atoms with Crippen LogP contribution in [0.3, 0.4) is 0 Å². The van der Waals surface area contributed by atoms with Crippen LogP contribution in [0.4, 0.5) is 13.2 Å². The Kier molecular flexibility index (Phi) is 6.24. The molecule has 104 valence electrons. The number of benzene rings is 1. The van der Waals surface area contributed by atoms with Crippen molar-refractivity contribution in [2.24, 2.45) is 0 Å². The molecule has 1 atom stereocenters. The van der Waals surface area contributed by atoms with Crippen LogP contribution in [0.5, 0.6) is 5.75 Å². The van der Waals surface area contributed by atoms with Crippen molar-refractivity contribution in [3.63, 3.8) is 0 Å². The summed E-state index contributed by atoms with van der Waals surface area (Å²) in [7, 11) is 0. The van der Waals surface area contributed by atoms with Gasteiger partial charge in [-0.2, -0.15) is 0 Å².